The van der Waals surface area contributed by atoms with E-state index in [1.54, 1.807) is 6.92 Å². The summed E-state index contributed by atoms with van der Waals surface area (Å²) in [6.07, 6.45) is 0.626. The summed E-state index contributed by atoms with van der Waals surface area (Å²) in [7, 11) is 0. The smallest absolute Gasteiger partial charge is 0.303 e. The highest BCUT2D eigenvalue weighted by Crippen LogP contribution is 2.70. The fourth-order valence-corrected chi connectivity index (χ4v) is 7.19. The highest BCUT2D eigenvalue weighted by atomic mass is 19.1. The summed E-state index contributed by atoms with van der Waals surface area (Å²) in [5, 5.41) is 32.7. The van der Waals surface area contributed by atoms with E-state index in [0.717, 1.165) is 6.92 Å². The van der Waals surface area contributed by atoms with Gasteiger partial charge in [0, 0.05) is 23.7 Å². The van der Waals surface area contributed by atoms with Crippen LogP contribution < -0.4 is 0 Å². The van der Waals surface area contributed by atoms with Crippen molar-refractivity contribution in [3.8, 4) is 0 Å². The van der Waals surface area contributed by atoms with Crippen molar-refractivity contribution in [2.75, 3.05) is 6.61 Å². The second-order valence-electron chi connectivity index (χ2n) is 10.3. The molecule has 11 heteroatoms. The standard InChI is InChI=1S/C23H28FNO9/c1-12(26)33-11-18(29)23(30)17(28)9-16-15-5-4-13-8-14(27)6-7-20(13,2)22(15,24)19(34-25(31)32)10-21(16,23)3/h6-8,15-17,19,28,30H,4-5,9-11H2,1-3H3/t15-,16-,17?,19?,20-,21-,22-,23-/m0/s1. The molecule has 0 aliphatic heterocycles. The fraction of sp³-hybridized carbons (Fsp3) is 0.696. The Hall–Kier alpha value is -2.66. The zero-order valence-electron chi connectivity index (χ0n) is 19.2. The number of nitrogens with zero attached hydrogens (tertiary/aromatic N) is 1. The molecule has 2 N–H and O–H groups in total. The predicted molar refractivity (Wildman–Crippen MR) is 112 cm³/mol. The number of aliphatic hydroxyl groups excluding tert-OH is 1. The van der Waals surface area contributed by atoms with Crippen LogP contribution in [0.5, 0.6) is 0 Å². The average molecular weight is 481 g/mol. The number of hydrogen-bond acceptors (Lipinski definition) is 9. The summed E-state index contributed by atoms with van der Waals surface area (Å²) in [6, 6.07) is 0. The van der Waals surface area contributed by atoms with Gasteiger partial charge in [0.25, 0.3) is 5.09 Å². The lowest BCUT2D eigenvalue weighted by molar-refractivity contribution is -0.775. The van der Waals surface area contributed by atoms with Crippen molar-refractivity contribution < 1.29 is 43.6 Å². The second kappa shape index (κ2) is 7.67. The van der Waals surface area contributed by atoms with Crippen LogP contribution >= 0.6 is 0 Å². The number of allylic oxidation sites excluding steroid dienone is 4. The molecule has 8 atom stereocenters. The Morgan fingerprint density at radius 2 is 2.00 bits per heavy atom. The molecule has 0 spiro atoms. The number of fused-ring (bicyclic) bond motifs is 5. The van der Waals surface area contributed by atoms with Gasteiger partial charge < -0.3 is 19.8 Å². The van der Waals surface area contributed by atoms with E-state index in [9.17, 15) is 34.7 Å². The molecule has 0 saturated heterocycles. The van der Waals surface area contributed by atoms with E-state index in [0.29, 0.717) is 12.0 Å². The predicted octanol–water partition coefficient (Wildman–Crippen LogP) is 1.41. The number of rotatable bonds is 5. The molecule has 0 aromatic carbocycles. The molecule has 3 fully saturated rings. The third-order valence-corrected chi connectivity index (χ3v) is 8.88. The molecule has 4 aliphatic carbocycles. The Morgan fingerprint density at radius 3 is 2.62 bits per heavy atom. The van der Waals surface area contributed by atoms with Gasteiger partial charge >= 0.3 is 5.97 Å². The quantitative estimate of drug-likeness (QED) is 0.337. The second-order valence-corrected chi connectivity index (χ2v) is 10.3. The lowest BCUT2D eigenvalue weighted by atomic mass is 9.44. The number of halogens is 1. The average Bonchev–Trinajstić information content (AvgIpc) is 2.94. The summed E-state index contributed by atoms with van der Waals surface area (Å²) in [4.78, 5) is 52.5. The van der Waals surface area contributed by atoms with E-state index in [4.69, 9.17) is 9.57 Å². The van der Waals surface area contributed by atoms with Crippen LogP contribution in [0, 0.1) is 32.8 Å². The minimum absolute atomic E-state index is 0.127. The van der Waals surface area contributed by atoms with Gasteiger partial charge in [-0.2, -0.15) is 0 Å². The highest BCUT2D eigenvalue weighted by Gasteiger charge is 2.77. The Morgan fingerprint density at radius 1 is 1.32 bits per heavy atom. The molecule has 0 amide bonds. The van der Waals surface area contributed by atoms with Crippen molar-refractivity contribution in [1.82, 2.24) is 0 Å². The molecular weight excluding hydrogens is 453 g/mol. The van der Waals surface area contributed by atoms with Gasteiger partial charge in [-0.25, -0.2) is 4.39 Å². The zero-order chi connectivity index (χ0) is 25.3. The van der Waals surface area contributed by atoms with Crippen molar-refractivity contribution >= 4 is 17.5 Å². The first-order valence-electron chi connectivity index (χ1n) is 11.2. The van der Waals surface area contributed by atoms with Gasteiger partial charge in [-0.15, -0.1) is 10.1 Å². The Bertz CT molecular complexity index is 1030. The Balaban J connectivity index is 1.83. The van der Waals surface area contributed by atoms with Gasteiger partial charge in [-0.05, 0) is 50.7 Å². The van der Waals surface area contributed by atoms with Crippen molar-refractivity contribution in [2.24, 2.45) is 22.7 Å². The minimum Gasteiger partial charge on any atom is -0.458 e. The summed E-state index contributed by atoms with van der Waals surface area (Å²) < 4.78 is 22.1. The normalized spacial score (nSPS) is 44.9. The number of aliphatic hydroxyl groups is 2. The van der Waals surface area contributed by atoms with Gasteiger partial charge in [-0.3, -0.25) is 14.4 Å². The summed E-state index contributed by atoms with van der Waals surface area (Å²) in [5.74, 6) is -3.69. The van der Waals surface area contributed by atoms with Crippen LogP contribution in [-0.4, -0.2) is 62.9 Å². The molecule has 0 radical (unpaired) electrons. The number of Topliss-reactive ketones (excluding diaryl/α,β-unsaturated/α-hetero) is 1. The van der Waals surface area contributed by atoms with Crippen molar-refractivity contribution in [2.45, 2.75) is 69.9 Å². The van der Waals surface area contributed by atoms with E-state index in [2.05, 4.69) is 0 Å². The van der Waals surface area contributed by atoms with Crippen LogP contribution in [0.15, 0.2) is 23.8 Å². The van der Waals surface area contributed by atoms with Gasteiger partial charge in [0.15, 0.2) is 23.7 Å². The molecule has 34 heavy (non-hydrogen) atoms. The summed E-state index contributed by atoms with van der Waals surface area (Å²) in [5.41, 5.74) is -7.17. The van der Waals surface area contributed by atoms with Crippen LogP contribution in [0.1, 0.15) is 46.5 Å². The number of carbonyl (C=O) groups excluding carboxylic acids is 3. The van der Waals surface area contributed by atoms with Crippen molar-refractivity contribution in [3.63, 3.8) is 0 Å². The Labute approximate surface area is 194 Å². The van der Waals surface area contributed by atoms with Gasteiger partial charge in [0.05, 0.1) is 6.10 Å². The third kappa shape index (κ3) is 3.02. The molecule has 186 valence electrons. The molecule has 4 rings (SSSR count). The minimum atomic E-state index is -2.43. The highest BCUT2D eigenvalue weighted by molar-refractivity contribution is 6.01. The SMILES string of the molecule is CC(=O)OCC(=O)[C@@]1(O)C(O)C[C@H]2[C@@H]3CCC4=CC(=O)C=C[C@]4(C)[C@@]3(F)C(O[N+](=O)[O-])C[C@@]21C. The first kappa shape index (κ1) is 24.5. The zero-order valence-corrected chi connectivity index (χ0v) is 19.2. The van der Waals surface area contributed by atoms with Gasteiger partial charge in [0.2, 0.25) is 5.78 Å². The number of hydrogen-bond donors (Lipinski definition) is 2. The topological polar surface area (TPSA) is 153 Å². The van der Waals surface area contributed by atoms with Gasteiger partial charge in [0.1, 0.15) is 6.10 Å². The van der Waals surface area contributed by atoms with Crippen LogP contribution in [0.25, 0.3) is 0 Å². The maximum absolute atomic E-state index is 17.4. The number of esters is 1. The molecule has 10 nitrogen and oxygen atoms in total. The summed E-state index contributed by atoms with van der Waals surface area (Å²) >= 11 is 0. The molecule has 0 bridgehead atoms. The first-order chi connectivity index (χ1) is 15.7. The monoisotopic (exact) mass is 481 g/mol. The van der Waals surface area contributed by atoms with Crippen LogP contribution in [-0.2, 0) is 24.0 Å². The van der Waals surface area contributed by atoms with Crippen molar-refractivity contribution in [1.29, 1.82) is 0 Å². The number of ether oxygens (including phenoxy) is 1. The number of ketones is 2. The van der Waals surface area contributed by atoms with Crippen LogP contribution in [0.4, 0.5) is 4.39 Å². The van der Waals surface area contributed by atoms with E-state index in [1.165, 1.54) is 25.2 Å². The third-order valence-electron chi connectivity index (χ3n) is 8.88. The van der Waals surface area contributed by atoms with E-state index in [1.807, 2.05) is 0 Å². The molecule has 4 aliphatic rings. The number of alkyl halides is 1. The maximum Gasteiger partial charge on any atom is 0.303 e. The molecule has 0 aromatic rings. The lowest BCUT2D eigenvalue weighted by Crippen LogP contribution is -2.70. The van der Waals surface area contributed by atoms with Crippen LogP contribution in [0.3, 0.4) is 0 Å². The van der Waals surface area contributed by atoms with Crippen LogP contribution in [0.2, 0.25) is 0 Å². The summed E-state index contributed by atoms with van der Waals surface area (Å²) in [6.45, 7) is 3.34. The molecule has 0 heterocycles. The first-order valence-corrected chi connectivity index (χ1v) is 11.2. The van der Waals surface area contributed by atoms with Gasteiger partial charge in [-0.1, -0.05) is 18.6 Å². The van der Waals surface area contributed by atoms with E-state index < -0.39 is 76.0 Å². The molecular formula is C23H28FNO9. The largest absolute Gasteiger partial charge is 0.458 e. The molecule has 2 unspecified atom stereocenters. The maximum atomic E-state index is 17.4. The molecule has 3 saturated carbocycles. The molecule has 0 aromatic heterocycles. The Kier molecular flexibility index (Phi) is 5.52. The number of carbonyl (C=O) groups is 3. The lowest BCUT2D eigenvalue weighted by Gasteiger charge is -2.62. The van der Waals surface area contributed by atoms with E-state index >= 15 is 4.39 Å². The van der Waals surface area contributed by atoms with Crippen molar-refractivity contribution in [3.05, 3.63) is 33.9 Å². The fourth-order valence-electron chi connectivity index (χ4n) is 7.19. The van der Waals surface area contributed by atoms with E-state index in [-0.39, 0.29) is 18.6 Å².